The molecule has 2 aromatic carbocycles. The molecule has 4 heterocycles. The fourth-order valence-electron chi connectivity index (χ4n) is 4.43. The number of aromatic nitrogens is 1. The predicted octanol–water partition coefficient (Wildman–Crippen LogP) is 4.95. The van der Waals surface area contributed by atoms with Gasteiger partial charge in [0.15, 0.2) is 16.6 Å². The highest BCUT2D eigenvalue weighted by molar-refractivity contribution is 7.80. The van der Waals surface area contributed by atoms with Crippen LogP contribution in [0.15, 0.2) is 83.4 Å². The van der Waals surface area contributed by atoms with Crippen LogP contribution in [-0.2, 0) is 0 Å². The molecule has 0 spiro atoms. The van der Waals surface area contributed by atoms with Crippen molar-refractivity contribution in [2.45, 2.75) is 12.1 Å². The minimum Gasteiger partial charge on any atom is -0.478 e. The summed E-state index contributed by atoms with van der Waals surface area (Å²) in [6.07, 6.45) is 1.74. The average Bonchev–Trinajstić information content (AvgIpc) is 3.62. The first-order valence-corrected chi connectivity index (χ1v) is 11.3. The van der Waals surface area contributed by atoms with Crippen molar-refractivity contribution in [1.82, 2.24) is 10.3 Å². The van der Waals surface area contributed by atoms with Gasteiger partial charge in [-0.2, -0.15) is 0 Å². The van der Waals surface area contributed by atoms with E-state index in [1.807, 2.05) is 59.5 Å². The van der Waals surface area contributed by atoms with E-state index in [0.29, 0.717) is 33.7 Å². The third-order valence-electron chi connectivity index (χ3n) is 6.04. The van der Waals surface area contributed by atoms with Gasteiger partial charge >= 0.3 is 5.97 Å². The van der Waals surface area contributed by atoms with Gasteiger partial charge in [-0.3, -0.25) is 4.98 Å². The molecule has 6 rings (SSSR count). The number of furan rings is 1. The van der Waals surface area contributed by atoms with Crippen molar-refractivity contribution < 1.29 is 23.8 Å². The van der Waals surface area contributed by atoms with Crippen LogP contribution in [0.1, 0.15) is 33.9 Å². The Bertz CT molecular complexity index is 1440. The molecule has 9 heteroatoms. The Kier molecular flexibility index (Phi) is 5.11. The molecule has 2 aliphatic heterocycles. The van der Waals surface area contributed by atoms with Crippen LogP contribution in [0.4, 0.5) is 5.69 Å². The van der Waals surface area contributed by atoms with Gasteiger partial charge < -0.3 is 29.2 Å². The van der Waals surface area contributed by atoms with Gasteiger partial charge in [-0.15, -0.1) is 0 Å². The van der Waals surface area contributed by atoms with E-state index in [4.69, 9.17) is 26.1 Å². The number of carboxylic acid groups (broad SMARTS) is 1. The lowest BCUT2D eigenvalue weighted by molar-refractivity contribution is 0.0697. The number of rotatable bonds is 5. The van der Waals surface area contributed by atoms with Crippen LogP contribution in [-0.4, -0.2) is 28.0 Å². The summed E-state index contributed by atoms with van der Waals surface area (Å²) in [7, 11) is 0. The van der Waals surface area contributed by atoms with Crippen LogP contribution >= 0.6 is 12.2 Å². The van der Waals surface area contributed by atoms with Crippen LogP contribution in [0.2, 0.25) is 0 Å². The number of hydrogen-bond acceptors (Lipinski definition) is 6. The number of nitrogens with one attached hydrogen (secondary N) is 1. The van der Waals surface area contributed by atoms with E-state index in [0.717, 1.165) is 11.4 Å². The Morgan fingerprint density at radius 1 is 1.03 bits per heavy atom. The first kappa shape index (κ1) is 21.2. The zero-order valence-corrected chi connectivity index (χ0v) is 19.1. The van der Waals surface area contributed by atoms with E-state index >= 15 is 0 Å². The van der Waals surface area contributed by atoms with Crippen molar-refractivity contribution in [3.05, 3.63) is 96.0 Å². The number of carbonyl (C=O) groups is 1. The van der Waals surface area contributed by atoms with Gasteiger partial charge in [-0.05, 0) is 60.7 Å². The van der Waals surface area contributed by atoms with Crippen molar-refractivity contribution in [2.24, 2.45) is 0 Å². The number of anilines is 1. The molecule has 8 nitrogen and oxygen atoms in total. The summed E-state index contributed by atoms with van der Waals surface area (Å²) < 4.78 is 17.4. The second-order valence-electron chi connectivity index (χ2n) is 8.12. The zero-order chi connectivity index (χ0) is 23.9. The van der Waals surface area contributed by atoms with Crippen LogP contribution in [0.3, 0.4) is 0 Å². The second-order valence-corrected chi connectivity index (χ2v) is 8.51. The quantitative estimate of drug-likeness (QED) is 0.381. The molecule has 174 valence electrons. The summed E-state index contributed by atoms with van der Waals surface area (Å²) in [4.78, 5) is 18.0. The molecule has 0 amide bonds. The lowest BCUT2D eigenvalue weighted by Crippen LogP contribution is -2.29. The Labute approximate surface area is 205 Å². The standard InChI is InChI=1S/C26H19N3O5S/c30-25(31)16-5-3-4-15(12-16)19-9-10-21(34-19)24-23(18-6-1-2-11-27-18)28-26(35)29(24)17-7-8-20-22(13-17)33-14-32-20/h1-13,23-24H,14H2,(H,28,35)(H,30,31)/t23-,24+/m1/s1. The number of carboxylic acids is 1. The minimum atomic E-state index is -0.992. The Hall–Kier alpha value is -4.37. The van der Waals surface area contributed by atoms with Crippen LogP contribution in [0, 0.1) is 0 Å². The molecule has 4 aromatic rings. The molecule has 35 heavy (non-hydrogen) atoms. The third kappa shape index (κ3) is 3.75. The summed E-state index contributed by atoms with van der Waals surface area (Å²) in [6, 6.07) is 21.2. The number of fused-ring (bicyclic) bond motifs is 1. The van der Waals surface area contributed by atoms with Gasteiger partial charge in [-0.1, -0.05) is 18.2 Å². The highest BCUT2D eigenvalue weighted by atomic mass is 32.1. The number of hydrogen-bond donors (Lipinski definition) is 2. The minimum absolute atomic E-state index is 0.179. The maximum absolute atomic E-state index is 11.4. The highest BCUT2D eigenvalue weighted by Gasteiger charge is 2.43. The topological polar surface area (TPSA) is 97.1 Å². The molecule has 1 fully saturated rings. The summed E-state index contributed by atoms with van der Waals surface area (Å²) in [6.45, 7) is 0.179. The average molecular weight is 486 g/mol. The smallest absolute Gasteiger partial charge is 0.335 e. The molecule has 2 aromatic heterocycles. The lowest BCUT2D eigenvalue weighted by Gasteiger charge is -2.26. The van der Waals surface area contributed by atoms with Gasteiger partial charge in [0.1, 0.15) is 17.6 Å². The second kappa shape index (κ2) is 8.44. The van der Waals surface area contributed by atoms with Gasteiger partial charge in [-0.25, -0.2) is 4.79 Å². The van der Waals surface area contributed by atoms with E-state index in [-0.39, 0.29) is 24.4 Å². The monoisotopic (exact) mass is 485 g/mol. The molecule has 2 atom stereocenters. The largest absolute Gasteiger partial charge is 0.478 e. The number of pyridine rings is 1. The fraction of sp³-hybridized carbons (Fsp3) is 0.115. The molecule has 0 saturated carbocycles. The summed E-state index contributed by atoms with van der Waals surface area (Å²) >= 11 is 5.76. The van der Waals surface area contributed by atoms with Gasteiger partial charge in [0.05, 0.1) is 17.3 Å². The van der Waals surface area contributed by atoms with Crippen molar-refractivity contribution in [1.29, 1.82) is 0 Å². The molecular weight excluding hydrogens is 466 g/mol. The van der Waals surface area contributed by atoms with E-state index in [1.54, 1.807) is 24.4 Å². The Morgan fingerprint density at radius 3 is 2.74 bits per heavy atom. The summed E-state index contributed by atoms with van der Waals surface area (Å²) in [5.41, 5.74) is 2.50. The predicted molar refractivity (Wildman–Crippen MR) is 132 cm³/mol. The molecule has 0 aliphatic carbocycles. The Morgan fingerprint density at radius 2 is 1.91 bits per heavy atom. The molecule has 0 radical (unpaired) electrons. The molecule has 2 N–H and O–H groups in total. The number of benzene rings is 2. The van der Waals surface area contributed by atoms with Crippen LogP contribution in [0.5, 0.6) is 11.5 Å². The molecule has 1 saturated heterocycles. The molecular formula is C26H19N3O5S. The summed E-state index contributed by atoms with van der Waals surface area (Å²) in [5.74, 6) is 1.56. The number of aromatic carboxylic acids is 1. The van der Waals surface area contributed by atoms with Gasteiger partial charge in [0.25, 0.3) is 0 Å². The number of ether oxygens (including phenoxy) is 2. The SMILES string of the molecule is O=C(O)c1cccc(-c2ccc([C@H]3[C@@H](c4ccccn4)NC(=S)N3c3ccc4c(c3)OCO4)o2)c1. The Balaban J connectivity index is 1.43. The van der Waals surface area contributed by atoms with Crippen molar-refractivity contribution in [3.8, 4) is 22.8 Å². The zero-order valence-electron chi connectivity index (χ0n) is 18.3. The molecule has 2 aliphatic rings. The van der Waals surface area contributed by atoms with E-state index in [2.05, 4.69) is 10.3 Å². The van der Waals surface area contributed by atoms with Gasteiger partial charge in [0, 0.05) is 23.5 Å². The number of nitrogens with zero attached hydrogens (tertiary/aromatic N) is 2. The normalized spacial score (nSPS) is 18.5. The van der Waals surface area contributed by atoms with E-state index < -0.39 is 5.97 Å². The van der Waals surface area contributed by atoms with Crippen molar-refractivity contribution in [2.75, 3.05) is 11.7 Å². The maximum Gasteiger partial charge on any atom is 0.335 e. The maximum atomic E-state index is 11.4. The van der Waals surface area contributed by atoms with Gasteiger partial charge in [0.2, 0.25) is 6.79 Å². The first-order valence-electron chi connectivity index (χ1n) is 10.9. The first-order chi connectivity index (χ1) is 17.1. The fourth-order valence-corrected chi connectivity index (χ4v) is 4.78. The van der Waals surface area contributed by atoms with Crippen LogP contribution < -0.4 is 19.7 Å². The van der Waals surface area contributed by atoms with E-state index in [9.17, 15) is 9.90 Å². The van der Waals surface area contributed by atoms with E-state index in [1.165, 1.54) is 0 Å². The summed E-state index contributed by atoms with van der Waals surface area (Å²) in [5, 5.41) is 13.3. The lowest BCUT2D eigenvalue weighted by atomic mass is 10.0. The van der Waals surface area contributed by atoms with Crippen molar-refractivity contribution in [3.63, 3.8) is 0 Å². The number of thiocarbonyl (C=S) groups is 1. The third-order valence-corrected chi connectivity index (χ3v) is 6.36. The van der Waals surface area contributed by atoms with Crippen LogP contribution in [0.25, 0.3) is 11.3 Å². The molecule has 0 unspecified atom stereocenters. The highest BCUT2D eigenvalue weighted by Crippen LogP contribution is 2.45. The van der Waals surface area contributed by atoms with Crippen molar-refractivity contribution >= 4 is 29.0 Å². The molecule has 0 bridgehead atoms.